The predicted octanol–water partition coefficient (Wildman–Crippen LogP) is 2.10. The zero-order valence-corrected chi connectivity index (χ0v) is 11.8. The average Bonchev–Trinajstić information content (AvgIpc) is 2.69. The van der Waals surface area contributed by atoms with Gasteiger partial charge in [-0.2, -0.15) is 0 Å². The Kier molecular flexibility index (Phi) is 2.66. The van der Waals surface area contributed by atoms with Gasteiger partial charge in [0, 0.05) is 6.61 Å². The minimum Gasteiger partial charge on any atom is -0.396 e. The van der Waals surface area contributed by atoms with E-state index in [1.165, 1.54) is 0 Å². The van der Waals surface area contributed by atoms with Crippen molar-refractivity contribution in [2.75, 3.05) is 6.61 Å². The van der Waals surface area contributed by atoms with Crippen molar-refractivity contribution >= 4 is 0 Å². The fourth-order valence-corrected chi connectivity index (χ4v) is 4.67. The molecule has 3 aliphatic rings. The lowest BCUT2D eigenvalue weighted by Crippen LogP contribution is -2.59. The molecule has 3 fully saturated rings. The molecule has 3 nitrogen and oxygen atoms in total. The number of aliphatic hydroxyl groups is 2. The zero-order chi connectivity index (χ0) is 13.2. The second-order valence-corrected chi connectivity index (χ2v) is 7.58. The lowest BCUT2D eigenvalue weighted by Gasteiger charge is -2.59. The molecule has 1 unspecified atom stereocenters. The van der Waals surface area contributed by atoms with E-state index in [0.29, 0.717) is 11.8 Å². The fraction of sp³-hybridized carbons (Fsp3) is 1.00. The molecule has 2 bridgehead atoms. The molecule has 104 valence electrons. The summed E-state index contributed by atoms with van der Waals surface area (Å²) in [5.41, 5.74) is -0.731. The standard InChI is InChI=1S/C15H26O3/c1-13(9-16)8-11-10(13)4-6-14(2,17)12-5-7-15(11,3)18-12/h10-12,16-17H,4-9H2,1-3H3/t10-,11+,12+,13?,14-,15-/m1/s1. The third-order valence-electron chi connectivity index (χ3n) is 6.18. The maximum absolute atomic E-state index is 10.6. The summed E-state index contributed by atoms with van der Waals surface area (Å²) in [5.74, 6) is 1.06. The molecule has 2 aliphatic heterocycles. The van der Waals surface area contributed by atoms with Crippen LogP contribution in [0.3, 0.4) is 0 Å². The summed E-state index contributed by atoms with van der Waals surface area (Å²) in [4.78, 5) is 0. The minimum atomic E-state index is -0.700. The van der Waals surface area contributed by atoms with Crippen LogP contribution in [0, 0.1) is 17.3 Å². The van der Waals surface area contributed by atoms with Gasteiger partial charge in [-0.25, -0.2) is 0 Å². The number of fused-ring (bicyclic) bond motifs is 4. The summed E-state index contributed by atoms with van der Waals surface area (Å²) in [6.45, 7) is 6.57. The van der Waals surface area contributed by atoms with Crippen LogP contribution in [0.25, 0.3) is 0 Å². The van der Waals surface area contributed by atoms with Gasteiger partial charge in [-0.3, -0.25) is 0 Å². The van der Waals surface area contributed by atoms with Gasteiger partial charge in [0.2, 0.25) is 0 Å². The summed E-state index contributed by atoms with van der Waals surface area (Å²) in [6.07, 6.45) is 4.91. The van der Waals surface area contributed by atoms with Crippen LogP contribution in [0.1, 0.15) is 52.9 Å². The topological polar surface area (TPSA) is 49.7 Å². The molecule has 0 spiro atoms. The first-order chi connectivity index (χ1) is 8.31. The Morgan fingerprint density at radius 2 is 1.83 bits per heavy atom. The van der Waals surface area contributed by atoms with Gasteiger partial charge in [0.25, 0.3) is 0 Å². The molecular weight excluding hydrogens is 228 g/mol. The fourth-order valence-electron chi connectivity index (χ4n) is 4.67. The van der Waals surface area contributed by atoms with E-state index in [4.69, 9.17) is 4.74 Å². The van der Waals surface area contributed by atoms with Gasteiger partial charge in [-0.15, -0.1) is 0 Å². The first-order valence-corrected chi connectivity index (χ1v) is 7.32. The lowest BCUT2D eigenvalue weighted by molar-refractivity contribution is -0.223. The Bertz CT molecular complexity index is 354. The maximum atomic E-state index is 10.6. The highest BCUT2D eigenvalue weighted by Crippen LogP contribution is 2.62. The molecule has 0 radical (unpaired) electrons. The third-order valence-corrected chi connectivity index (χ3v) is 6.18. The van der Waals surface area contributed by atoms with Crippen LogP contribution in [0.4, 0.5) is 0 Å². The highest BCUT2D eigenvalue weighted by atomic mass is 16.5. The monoisotopic (exact) mass is 254 g/mol. The summed E-state index contributed by atoms with van der Waals surface area (Å²) in [5, 5.41) is 20.2. The molecule has 2 N–H and O–H groups in total. The molecule has 0 aromatic rings. The number of ether oxygens (including phenoxy) is 1. The van der Waals surface area contributed by atoms with Crippen molar-refractivity contribution in [1.29, 1.82) is 0 Å². The molecule has 18 heavy (non-hydrogen) atoms. The van der Waals surface area contributed by atoms with E-state index in [-0.39, 0.29) is 23.7 Å². The van der Waals surface area contributed by atoms with Gasteiger partial charge in [0.1, 0.15) is 0 Å². The van der Waals surface area contributed by atoms with E-state index in [0.717, 1.165) is 32.1 Å². The Labute approximate surface area is 110 Å². The molecule has 2 saturated heterocycles. The van der Waals surface area contributed by atoms with Crippen molar-refractivity contribution in [2.45, 2.75) is 70.2 Å². The van der Waals surface area contributed by atoms with Gasteiger partial charge in [0.05, 0.1) is 17.3 Å². The van der Waals surface area contributed by atoms with Gasteiger partial charge >= 0.3 is 0 Å². The van der Waals surface area contributed by atoms with Gasteiger partial charge in [-0.05, 0) is 63.2 Å². The van der Waals surface area contributed by atoms with E-state index in [1.54, 1.807) is 0 Å². The van der Waals surface area contributed by atoms with E-state index >= 15 is 0 Å². The average molecular weight is 254 g/mol. The molecule has 1 saturated carbocycles. The first kappa shape index (κ1) is 12.9. The van der Waals surface area contributed by atoms with Crippen molar-refractivity contribution < 1.29 is 14.9 Å². The van der Waals surface area contributed by atoms with Crippen LogP contribution in [0.5, 0.6) is 0 Å². The minimum absolute atomic E-state index is 0.00410. The van der Waals surface area contributed by atoms with Gasteiger partial charge in [-0.1, -0.05) is 6.92 Å². The van der Waals surface area contributed by atoms with Crippen molar-refractivity contribution in [3.05, 3.63) is 0 Å². The van der Waals surface area contributed by atoms with Crippen LogP contribution in [0.15, 0.2) is 0 Å². The smallest absolute Gasteiger partial charge is 0.0880 e. The molecule has 3 rings (SSSR count). The third kappa shape index (κ3) is 1.60. The van der Waals surface area contributed by atoms with Gasteiger partial charge in [0.15, 0.2) is 0 Å². The molecule has 0 aromatic carbocycles. The van der Waals surface area contributed by atoms with E-state index in [9.17, 15) is 10.2 Å². The maximum Gasteiger partial charge on any atom is 0.0880 e. The summed E-state index contributed by atoms with van der Waals surface area (Å²) in [7, 11) is 0. The van der Waals surface area contributed by atoms with Crippen LogP contribution in [-0.4, -0.2) is 34.1 Å². The quantitative estimate of drug-likeness (QED) is 0.753. The number of aliphatic hydroxyl groups excluding tert-OH is 1. The second kappa shape index (κ2) is 3.71. The Balaban J connectivity index is 1.89. The first-order valence-electron chi connectivity index (χ1n) is 7.32. The van der Waals surface area contributed by atoms with Gasteiger partial charge < -0.3 is 14.9 Å². The van der Waals surface area contributed by atoms with E-state index < -0.39 is 5.60 Å². The van der Waals surface area contributed by atoms with Crippen molar-refractivity contribution in [3.8, 4) is 0 Å². The number of hydrogen-bond acceptors (Lipinski definition) is 3. The highest BCUT2D eigenvalue weighted by Gasteiger charge is 2.61. The summed E-state index contributed by atoms with van der Waals surface area (Å²) in [6, 6.07) is 0. The molecule has 0 amide bonds. The van der Waals surface area contributed by atoms with Crippen LogP contribution in [0.2, 0.25) is 0 Å². The summed E-state index contributed by atoms with van der Waals surface area (Å²) >= 11 is 0. The SMILES string of the molecule is CC1(CO)C[C@H]2[C@H]1CC[C@@](C)(O)[C@@H]1CC[C@@]2(C)O1. The van der Waals surface area contributed by atoms with Crippen LogP contribution >= 0.6 is 0 Å². The molecule has 1 aliphatic carbocycles. The second-order valence-electron chi connectivity index (χ2n) is 7.58. The normalized spacial score (nSPS) is 59.5. The largest absolute Gasteiger partial charge is 0.396 e. The molecule has 0 aromatic heterocycles. The number of rotatable bonds is 1. The lowest BCUT2D eigenvalue weighted by atomic mass is 9.49. The summed E-state index contributed by atoms with van der Waals surface area (Å²) < 4.78 is 6.25. The van der Waals surface area contributed by atoms with E-state index in [1.807, 2.05) is 6.92 Å². The molecule has 2 heterocycles. The number of hydrogen-bond donors (Lipinski definition) is 2. The molecule has 3 heteroatoms. The zero-order valence-electron chi connectivity index (χ0n) is 11.8. The van der Waals surface area contributed by atoms with Crippen LogP contribution < -0.4 is 0 Å². The van der Waals surface area contributed by atoms with E-state index in [2.05, 4.69) is 13.8 Å². The Hall–Kier alpha value is -0.120. The van der Waals surface area contributed by atoms with Crippen molar-refractivity contribution in [3.63, 3.8) is 0 Å². The predicted molar refractivity (Wildman–Crippen MR) is 69.2 cm³/mol. The van der Waals surface area contributed by atoms with Crippen molar-refractivity contribution in [2.24, 2.45) is 17.3 Å². The van der Waals surface area contributed by atoms with Crippen LogP contribution in [-0.2, 0) is 4.74 Å². The van der Waals surface area contributed by atoms with Crippen molar-refractivity contribution in [1.82, 2.24) is 0 Å². The highest BCUT2D eigenvalue weighted by molar-refractivity contribution is 5.10. The Morgan fingerprint density at radius 1 is 1.11 bits per heavy atom. The molecular formula is C15H26O3. The Morgan fingerprint density at radius 3 is 2.50 bits per heavy atom. The molecule has 6 atom stereocenters.